The minimum Gasteiger partial charge on any atom is -0.389 e. The van der Waals surface area contributed by atoms with Crippen molar-refractivity contribution in [3.8, 4) is 0 Å². The number of aromatic amines is 1. The highest BCUT2D eigenvalue weighted by molar-refractivity contribution is 7.18. The van der Waals surface area contributed by atoms with E-state index in [9.17, 15) is 9.90 Å². The molecule has 1 aliphatic rings. The number of H-pyrrole nitrogens is 1. The van der Waals surface area contributed by atoms with Crippen molar-refractivity contribution < 1.29 is 9.84 Å². The van der Waals surface area contributed by atoms with Crippen LogP contribution in [0.25, 0.3) is 10.2 Å². The summed E-state index contributed by atoms with van der Waals surface area (Å²) in [5, 5.41) is 11.0. The van der Waals surface area contributed by atoms with Crippen LogP contribution in [-0.4, -0.2) is 51.9 Å². The van der Waals surface area contributed by atoms with E-state index in [4.69, 9.17) is 9.72 Å². The molecule has 0 fully saturated rings. The highest BCUT2D eigenvalue weighted by Gasteiger charge is 2.21. The lowest BCUT2D eigenvalue weighted by Gasteiger charge is -2.28. The second-order valence-electron chi connectivity index (χ2n) is 7.41. The van der Waals surface area contributed by atoms with Gasteiger partial charge in [-0.3, -0.25) is 9.69 Å². The molecular weight excluding hydrogens is 362 g/mol. The average molecular weight is 392 g/mol. The zero-order chi connectivity index (χ0) is 19.4. The number of aliphatic hydroxyl groups is 1. The van der Waals surface area contributed by atoms with E-state index in [0.29, 0.717) is 25.5 Å². The van der Waals surface area contributed by atoms with Gasteiger partial charge in [0.25, 0.3) is 5.56 Å². The molecule has 3 rings (SSSR count). The van der Waals surface area contributed by atoms with E-state index in [1.807, 2.05) is 0 Å². The maximum atomic E-state index is 12.7. The molecule has 0 bridgehead atoms. The summed E-state index contributed by atoms with van der Waals surface area (Å²) in [7, 11) is 0. The van der Waals surface area contributed by atoms with Gasteiger partial charge in [0.1, 0.15) is 10.7 Å². The quantitative estimate of drug-likeness (QED) is 0.507. The predicted molar refractivity (Wildman–Crippen MR) is 109 cm³/mol. The van der Waals surface area contributed by atoms with Crippen molar-refractivity contribution >= 4 is 21.6 Å². The summed E-state index contributed by atoms with van der Waals surface area (Å²) in [6, 6.07) is 0.205. The molecule has 2 N–H and O–H groups in total. The lowest BCUT2D eigenvalue weighted by atomic mass is 9.97. The van der Waals surface area contributed by atoms with Crippen LogP contribution < -0.4 is 5.56 Å². The maximum absolute atomic E-state index is 12.7. The van der Waals surface area contributed by atoms with Crippen LogP contribution in [-0.2, 0) is 24.1 Å². The lowest BCUT2D eigenvalue weighted by Crippen LogP contribution is -2.39. The Bertz CT molecular complexity index is 843. The van der Waals surface area contributed by atoms with Crippen molar-refractivity contribution in [1.29, 1.82) is 0 Å². The molecule has 0 aromatic carbocycles. The van der Waals surface area contributed by atoms with Gasteiger partial charge in [-0.05, 0) is 45.1 Å². The van der Waals surface area contributed by atoms with E-state index in [0.717, 1.165) is 29.5 Å². The highest BCUT2D eigenvalue weighted by atomic mass is 32.1. The number of hydrogen-bond acceptors (Lipinski definition) is 6. The standard InChI is InChI=1S/C20H29N3O3S/c1-4-9-26-12-14(24)10-23(13(2)3)11-17-21-19(25)18-15-7-5-6-8-16(15)27-20(18)22-17/h4,13-14,24H,1,5-12H2,2-3H3,(H,21,22,25)/t14-/m0/s1. The fraction of sp³-hybridized carbons (Fsp3) is 0.600. The third-order valence-corrected chi connectivity index (χ3v) is 6.13. The van der Waals surface area contributed by atoms with E-state index in [1.165, 1.54) is 16.9 Å². The molecule has 6 nitrogen and oxygen atoms in total. The predicted octanol–water partition coefficient (Wildman–Crippen LogP) is 2.64. The molecule has 0 saturated carbocycles. The summed E-state index contributed by atoms with van der Waals surface area (Å²) < 4.78 is 5.33. The topological polar surface area (TPSA) is 78.5 Å². The fourth-order valence-corrected chi connectivity index (χ4v) is 4.83. The Labute approximate surface area is 163 Å². The van der Waals surface area contributed by atoms with E-state index in [2.05, 4.69) is 30.3 Å². The first-order chi connectivity index (χ1) is 13.0. The summed E-state index contributed by atoms with van der Waals surface area (Å²) in [5.41, 5.74) is 1.17. The number of aryl methyl sites for hydroxylation is 2. The zero-order valence-electron chi connectivity index (χ0n) is 16.2. The van der Waals surface area contributed by atoms with Crippen LogP contribution in [0.5, 0.6) is 0 Å². The van der Waals surface area contributed by atoms with Crippen LogP contribution in [0.4, 0.5) is 0 Å². The molecule has 0 saturated heterocycles. The third kappa shape index (κ3) is 4.85. The second-order valence-corrected chi connectivity index (χ2v) is 8.49. The maximum Gasteiger partial charge on any atom is 0.259 e. The largest absolute Gasteiger partial charge is 0.389 e. The van der Waals surface area contributed by atoms with Gasteiger partial charge >= 0.3 is 0 Å². The minimum absolute atomic E-state index is 0.0343. The van der Waals surface area contributed by atoms with Gasteiger partial charge in [-0.2, -0.15) is 0 Å². The molecular formula is C20H29N3O3S. The van der Waals surface area contributed by atoms with Crippen molar-refractivity contribution in [3.63, 3.8) is 0 Å². The Morgan fingerprint density at radius 1 is 1.41 bits per heavy atom. The van der Waals surface area contributed by atoms with Crippen molar-refractivity contribution in [2.24, 2.45) is 0 Å². The van der Waals surface area contributed by atoms with Gasteiger partial charge in [-0.25, -0.2) is 4.98 Å². The molecule has 1 atom stereocenters. The Hall–Kier alpha value is -1.54. The minimum atomic E-state index is -0.600. The molecule has 148 valence electrons. The van der Waals surface area contributed by atoms with Crippen molar-refractivity contribution in [2.75, 3.05) is 19.8 Å². The van der Waals surface area contributed by atoms with Crippen LogP contribution >= 0.6 is 11.3 Å². The number of nitrogens with zero attached hydrogens (tertiary/aromatic N) is 2. The van der Waals surface area contributed by atoms with E-state index in [-0.39, 0.29) is 18.2 Å². The summed E-state index contributed by atoms with van der Waals surface area (Å²) in [5.74, 6) is 0.652. The zero-order valence-corrected chi connectivity index (χ0v) is 17.0. The van der Waals surface area contributed by atoms with E-state index >= 15 is 0 Å². The van der Waals surface area contributed by atoms with Crippen LogP contribution in [0.3, 0.4) is 0 Å². The summed E-state index contributed by atoms with van der Waals surface area (Å²) in [6.45, 7) is 9.37. The fourth-order valence-electron chi connectivity index (χ4n) is 3.54. The molecule has 2 aromatic heterocycles. The molecule has 0 aliphatic heterocycles. The molecule has 27 heavy (non-hydrogen) atoms. The van der Waals surface area contributed by atoms with Gasteiger partial charge < -0.3 is 14.8 Å². The Kier molecular flexibility index (Phi) is 6.81. The molecule has 0 unspecified atom stereocenters. The highest BCUT2D eigenvalue weighted by Crippen LogP contribution is 2.33. The van der Waals surface area contributed by atoms with Gasteiger partial charge in [-0.1, -0.05) is 6.08 Å². The number of aromatic nitrogens is 2. The summed E-state index contributed by atoms with van der Waals surface area (Å²) in [6.07, 6.45) is 5.44. The van der Waals surface area contributed by atoms with Crippen molar-refractivity contribution in [2.45, 2.75) is 58.2 Å². The number of nitrogens with one attached hydrogen (secondary N) is 1. The van der Waals surface area contributed by atoms with E-state index in [1.54, 1.807) is 17.4 Å². The third-order valence-electron chi connectivity index (χ3n) is 4.95. The lowest BCUT2D eigenvalue weighted by molar-refractivity contribution is 0.0172. The molecule has 0 amide bonds. The van der Waals surface area contributed by atoms with Gasteiger partial charge in [0.15, 0.2) is 0 Å². The molecule has 0 spiro atoms. The van der Waals surface area contributed by atoms with E-state index < -0.39 is 6.10 Å². The first kappa shape index (κ1) is 20.2. The molecule has 7 heteroatoms. The molecule has 1 aliphatic carbocycles. The number of fused-ring (bicyclic) bond motifs is 3. The smallest absolute Gasteiger partial charge is 0.259 e. The van der Waals surface area contributed by atoms with Gasteiger partial charge in [-0.15, -0.1) is 17.9 Å². The number of aliphatic hydroxyl groups excluding tert-OH is 1. The van der Waals surface area contributed by atoms with Crippen LogP contribution in [0, 0.1) is 0 Å². The van der Waals surface area contributed by atoms with Crippen molar-refractivity contribution in [1.82, 2.24) is 14.9 Å². The Morgan fingerprint density at radius 2 is 2.19 bits per heavy atom. The monoisotopic (exact) mass is 391 g/mol. The first-order valence-electron chi connectivity index (χ1n) is 9.63. The molecule has 0 radical (unpaired) electrons. The number of ether oxygens (including phenoxy) is 1. The Morgan fingerprint density at radius 3 is 2.93 bits per heavy atom. The van der Waals surface area contributed by atoms with Crippen LogP contribution in [0.2, 0.25) is 0 Å². The SMILES string of the molecule is C=CCOC[C@@H](O)CN(Cc1nc2sc3c(c2c(=O)[nH]1)CCCC3)C(C)C. The van der Waals surface area contributed by atoms with Gasteiger partial charge in [0.05, 0.1) is 31.2 Å². The van der Waals surface area contributed by atoms with Crippen LogP contribution in [0.1, 0.15) is 43.0 Å². The summed E-state index contributed by atoms with van der Waals surface area (Å²) >= 11 is 1.66. The first-order valence-corrected chi connectivity index (χ1v) is 10.5. The van der Waals surface area contributed by atoms with Crippen molar-refractivity contribution in [3.05, 3.63) is 39.3 Å². The summed E-state index contributed by atoms with van der Waals surface area (Å²) in [4.78, 5) is 24.7. The molecule has 2 heterocycles. The Balaban J connectivity index is 1.77. The van der Waals surface area contributed by atoms with Gasteiger partial charge in [0.2, 0.25) is 0 Å². The molecule has 2 aromatic rings. The average Bonchev–Trinajstić information content (AvgIpc) is 3.00. The second kappa shape index (κ2) is 9.10. The number of thiophene rings is 1. The van der Waals surface area contributed by atoms with Gasteiger partial charge in [0, 0.05) is 17.5 Å². The van der Waals surface area contributed by atoms with Crippen LogP contribution in [0.15, 0.2) is 17.4 Å². The number of hydrogen-bond donors (Lipinski definition) is 2. The normalized spacial score (nSPS) is 15.4. The number of rotatable bonds is 9.